The first-order chi connectivity index (χ1) is 12.9. The number of hydrogen-bond donors (Lipinski definition) is 0. The fourth-order valence-corrected chi connectivity index (χ4v) is 4.21. The van der Waals surface area contributed by atoms with Crippen molar-refractivity contribution in [2.24, 2.45) is 0 Å². The van der Waals surface area contributed by atoms with E-state index in [0.717, 1.165) is 9.20 Å². The van der Waals surface area contributed by atoms with E-state index in [1.165, 1.54) is 23.9 Å². The highest BCUT2D eigenvalue weighted by Gasteiger charge is 2.27. The van der Waals surface area contributed by atoms with Gasteiger partial charge in [-0.1, -0.05) is 0 Å². The Hall–Kier alpha value is -2.19. The number of hydrogen-bond acceptors (Lipinski definition) is 6. The van der Waals surface area contributed by atoms with E-state index in [0.29, 0.717) is 18.0 Å². The summed E-state index contributed by atoms with van der Waals surface area (Å²) in [5, 5.41) is 0. The van der Waals surface area contributed by atoms with Gasteiger partial charge in [0.25, 0.3) is 10.0 Å². The summed E-state index contributed by atoms with van der Waals surface area (Å²) in [5.41, 5.74) is 0.362. The van der Waals surface area contributed by atoms with E-state index in [9.17, 15) is 13.2 Å². The average Bonchev–Trinajstić information content (AvgIpc) is 2.67. The first-order valence-corrected chi connectivity index (χ1v) is 11.1. The topological polar surface area (TPSA) is 72.9 Å². The lowest BCUT2D eigenvalue weighted by molar-refractivity contribution is -0.141. The molecule has 146 valence electrons. The van der Waals surface area contributed by atoms with Crippen LogP contribution in [0.3, 0.4) is 0 Å². The van der Waals surface area contributed by atoms with E-state index in [4.69, 9.17) is 9.47 Å². The lowest BCUT2D eigenvalue weighted by atomic mass is 10.3. The minimum atomic E-state index is -3.94. The van der Waals surface area contributed by atoms with Crippen molar-refractivity contribution in [2.45, 2.75) is 23.6 Å². The molecule has 0 saturated carbocycles. The Labute approximate surface area is 164 Å². The fraction of sp³-hybridized carbons (Fsp3) is 0.316. The number of carbonyl (C=O) groups excluding carboxylic acids is 1. The van der Waals surface area contributed by atoms with Gasteiger partial charge in [-0.25, -0.2) is 8.42 Å². The van der Waals surface area contributed by atoms with Crippen molar-refractivity contribution in [3.8, 4) is 5.75 Å². The van der Waals surface area contributed by atoms with Crippen molar-refractivity contribution in [3.63, 3.8) is 0 Å². The normalized spacial score (nSPS) is 11.1. The molecule has 0 aliphatic heterocycles. The third-order valence-corrected chi connectivity index (χ3v) is 6.19. The maximum atomic E-state index is 13.2. The molecular weight excluding hydrogens is 386 g/mol. The molecule has 0 spiro atoms. The van der Waals surface area contributed by atoms with Gasteiger partial charge in [0.15, 0.2) is 0 Å². The van der Waals surface area contributed by atoms with Crippen LogP contribution in [0.15, 0.2) is 58.3 Å². The molecule has 0 atom stereocenters. The molecule has 0 radical (unpaired) electrons. The van der Waals surface area contributed by atoms with Crippen LogP contribution in [0, 0.1) is 0 Å². The van der Waals surface area contributed by atoms with Gasteiger partial charge in [-0.2, -0.15) is 0 Å². The maximum Gasteiger partial charge on any atom is 0.326 e. The summed E-state index contributed by atoms with van der Waals surface area (Å²) in [5.74, 6) is 0.00903. The van der Waals surface area contributed by atoms with Crippen LogP contribution in [0.5, 0.6) is 5.75 Å². The number of carbonyl (C=O) groups is 1. The number of ether oxygens (including phenoxy) is 2. The third kappa shape index (κ3) is 5.40. The van der Waals surface area contributed by atoms with Gasteiger partial charge in [-0.3, -0.25) is 9.10 Å². The smallest absolute Gasteiger partial charge is 0.326 e. The van der Waals surface area contributed by atoms with Gasteiger partial charge >= 0.3 is 5.97 Å². The minimum Gasteiger partial charge on any atom is -0.494 e. The largest absolute Gasteiger partial charge is 0.494 e. The predicted octanol–water partition coefficient (Wildman–Crippen LogP) is 3.57. The van der Waals surface area contributed by atoms with Crippen LogP contribution in [0.4, 0.5) is 5.69 Å². The van der Waals surface area contributed by atoms with Crippen molar-refractivity contribution < 1.29 is 22.7 Å². The van der Waals surface area contributed by atoms with Crippen molar-refractivity contribution >= 4 is 33.4 Å². The Morgan fingerprint density at radius 2 is 1.63 bits per heavy atom. The fourth-order valence-electron chi connectivity index (χ4n) is 2.39. The molecule has 6 nitrogen and oxygen atoms in total. The van der Waals surface area contributed by atoms with E-state index >= 15 is 0 Å². The van der Waals surface area contributed by atoms with Gasteiger partial charge in [-0.15, -0.1) is 11.8 Å². The summed E-state index contributed by atoms with van der Waals surface area (Å²) in [4.78, 5) is 13.1. The molecule has 0 fully saturated rings. The summed E-state index contributed by atoms with van der Waals surface area (Å²) in [6.07, 6.45) is 1.91. The molecule has 2 aromatic carbocycles. The molecule has 0 amide bonds. The summed E-state index contributed by atoms with van der Waals surface area (Å²) in [6.45, 7) is 3.82. The molecular formula is C19H23NO5S2. The Bertz CT molecular complexity index is 849. The summed E-state index contributed by atoms with van der Waals surface area (Å²) in [7, 11) is -3.94. The highest BCUT2D eigenvalue weighted by atomic mass is 32.2. The van der Waals surface area contributed by atoms with E-state index in [2.05, 4.69) is 0 Å². The second kappa shape index (κ2) is 9.66. The van der Waals surface area contributed by atoms with Gasteiger partial charge in [0.05, 0.1) is 23.8 Å². The molecule has 2 rings (SSSR count). The summed E-state index contributed by atoms with van der Waals surface area (Å²) >= 11 is 1.52. The van der Waals surface area contributed by atoms with E-state index in [1.807, 2.05) is 13.2 Å². The Morgan fingerprint density at radius 1 is 1.00 bits per heavy atom. The van der Waals surface area contributed by atoms with Crippen molar-refractivity contribution in [1.82, 2.24) is 0 Å². The molecule has 0 aliphatic carbocycles. The van der Waals surface area contributed by atoms with Gasteiger partial charge in [0.1, 0.15) is 12.3 Å². The Kier molecular flexibility index (Phi) is 7.55. The number of anilines is 1. The highest BCUT2D eigenvalue weighted by molar-refractivity contribution is 7.98. The van der Waals surface area contributed by atoms with Gasteiger partial charge < -0.3 is 9.47 Å². The summed E-state index contributed by atoms with van der Waals surface area (Å²) < 4.78 is 37.7. The molecule has 0 N–H and O–H groups in total. The maximum absolute atomic E-state index is 13.2. The van der Waals surface area contributed by atoms with Gasteiger partial charge in [0.2, 0.25) is 0 Å². The van der Waals surface area contributed by atoms with E-state index in [1.54, 1.807) is 43.3 Å². The third-order valence-electron chi connectivity index (χ3n) is 3.66. The van der Waals surface area contributed by atoms with Crippen LogP contribution >= 0.6 is 11.8 Å². The predicted molar refractivity (Wildman–Crippen MR) is 107 cm³/mol. The first kappa shape index (κ1) is 21.1. The molecule has 0 bridgehead atoms. The van der Waals surface area contributed by atoms with Gasteiger partial charge in [-0.05, 0) is 68.6 Å². The zero-order chi connectivity index (χ0) is 19.9. The van der Waals surface area contributed by atoms with Crippen LogP contribution in [0.1, 0.15) is 13.8 Å². The molecule has 0 aliphatic rings. The Balaban J connectivity index is 2.41. The molecule has 0 heterocycles. The lowest BCUT2D eigenvalue weighted by Crippen LogP contribution is -2.36. The number of rotatable bonds is 9. The number of esters is 1. The Morgan fingerprint density at radius 3 is 2.15 bits per heavy atom. The second-order valence-electron chi connectivity index (χ2n) is 5.42. The summed E-state index contributed by atoms with van der Waals surface area (Å²) in [6, 6.07) is 13.1. The monoisotopic (exact) mass is 409 g/mol. The van der Waals surface area contributed by atoms with Crippen LogP contribution in [0.2, 0.25) is 0 Å². The van der Waals surface area contributed by atoms with Crippen LogP contribution < -0.4 is 9.04 Å². The molecule has 27 heavy (non-hydrogen) atoms. The van der Waals surface area contributed by atoms with Crippen LogP contribution in [-0.4, -0.2) is 40.4 Å². The first-order valence-electron chi connectivity index (χ1n) is 8.47. The van der Waals surface area contributed by atoms with E-state index < -0.39 is 22.5 Å². The molecule has 2 aromatic rings. The second-order valence-corrected chi connectivity index (χ2v) is 8.16. The number of sulfonamides is 1. The highest BCUT2D eigenvalue weighted by Crippen LogP contribution is 2.27. The quantitative estimate of drug-likeness (QED) is 0.466. The zero-order valence-corrected chi connectivity index (χ0v) is 17.2. The van der Waals surface area contributed by atoms with Crippen molar-refractivity contribution in [3.05, 3.63) is 48.5 Å². The van der Waals surface area contributed by atoms with E-state index in [-0.39, 0.29) is 11.5 Å². The zero-order valence-electron chi connectivity index (χ0n) is 15.5. The van der Waals surface area contributed by atoms with Crippen molar-refractivity contribution in [1.29, 1.82) is 0 Å². The number of benzene rings is 2. The average molecular weight is 410 g/mol. The van der Waals surface area contributed by atoms with Crippen LogP contribution in [-0.2, 0) is 19.6 Å². The lowest BCUT2D eigenvalue weighted by Gasteiger charge is -2.24. The number of nitrogens with zero attached hydrogens (tertiary/aromatic N) is 1. The SMILES string of the molecule is CCOC(=O)CN(c1ccc(OCC)cc1)S(=O)(=O)c1ccc(SC)cc1. The molecule has 0 saturated heterocycles. The molecule has 0 unspecified atom stereocenters. The standard InChI is InChI=1S/C19H23NO5S2/c1-4-24-16-8-6-15(7-9-16)20(14-19(21)25-5-2)27(22,23)18-12-10-17(26-3)11-13-18/h6-13H,4-5,14H2,1-3H3. The number of thioether (sulfide) groups is 1. The molecule has 0 aromatic heterocycles. The van der Waals surface area contributed by atoms with Gasteiger partial charge in [0, 0.05) is 4.90 Å². The minimum absolute atomic E-state index is 0.110. The molecule has 8 heteroatoms. The van der Waals surface area contributed by atoms with Crippen molar-refractivity contribution in [2.75, 3.05) is 30.3 Å². The van der Waals surface area contributed by atoms with Crippen LogP contribution in [0.25, 0.3) is 0 Å².